The topological polar surface area (TPSA) is 35.1 Å². The Kier molecular flexibility index (Phi) is 4.19. The number of halogens is 2. The average molecular weight is 236 g/mol. The van der Waals surface area contributed by atoms with Crippen molar-refractivity contribution in [1.29, 1.82) is 0 Å². The molecule has 0 aromatic heterocycles. The summed E-state index contributed by atoms with van der Waals surface area (Å²) in [6, 6.07) is 4.33. The van der Waals surface area contributed by atoms with E-state index in [0.29, 0.717) is 0 Å². The van der Waals surface area contributed by atoms with E-state index in [4.69, 9.17) is 11.6 Å². The number of benzene rings is 1. The quantitative estimate of drug-likeness (QED) is 0.817. The van der Waals surface area contributed by atoms with Crippen molar-refractivity contribution in [2.45, 2.75) is 13.0 Å². The van der Waals surface area contributed by atoms with Crippen LogP contribution in [0.1, 0.15) is 18.5 Å². The van der Waals surface area contributed by atoms with Gasteiger partial charge in [-0.3, -0.25) is 0 Å². The van der Waals surface area contributed by atoms with Crippen LogP contribution in [0.5, 0.6) is 0 Å². The van der Waals surface area contributed by atoms with Crippen LogP contribution in [-0.2, 0) is 11.4 Å². The third kappa shape index (κ3) is 3.13. The summed E-state index contributed by atoms with van der Waals surface area (Å²) in [5, 5.41) is 0.0815. The molecule has 0 aliphatic rings. The standard InChI is InChI=1S/C9H11ClFNOS/c1-6(12-14(2)13)7-3-4-9(11)8(10)5-7/h3-6,12H,1-2H3/t6-,14+/m0/s1. The van der Waals surface area contributed by atoms with Crippen molar-refractivity contribution in [2.75, 3.05) is 6.26 Å². The largest absolute Gasteiger partial charge is 0.598 e. The van der Waals surface area contributed by atoms with Crippen molar-refractivity contribution in [2.24, 2.45) is 0 Å². The van der Waals surface area contributed by atoms with E-state index in [9.17, 15) is 8.94 Å². The van der Waals surface area contributed by atoms with Crippen LogP contribution in [0.2, 0.25) is 5.02 Å². The van der Waals surface area contributed by atoms with Gasteiger partial charge in [0.2, 0.25) is 0 Å². The molecule has 14 heavy (non-hydrogen) atoms. The molecule has 0 saturated heterocycles. The number of hydrogen-bond acceptors (Lipinski definition) is 2. The summed E-state index contributed by atoms with van der Waals surface area (Å²) in [6.07, 6.45) is 1.54. The molecule has 0 unspecified atom stereocenters. The molecule has 0 saturated carbocycles. The van der Waals surface area contributed by atoms with Crippen LogP contribution in [0, 0.1) is 5.82 Å². The van der Waals surface area contributed by atoms with Crippen molar-refractivity contribution in [3.05, 3.63) is 34.6 Å². The fourth-order valence-electron chi connectivity index (χ4n) is 1.10. The van der Waals surface area contributed by atoms with Crippen molar-refractivity contribution in [3.8, 4) is 0 Å². The summed E-state index contributed by atoms with van der Waals surface area (Å²) in [5.41, 5.74) is 0.812. The first-order valence-corrected chi connectivity index (χ1v) is 5.99. The van der Waals surface area contributed by atoms with Gasteiger partial charge in [-0.05, 0) is 24.6 Å². The lowest BCUT2D eigenvalue weighted by Crippen LogP contribution is -2.25. The summed E-state index contributed by atoms with van der Waals surface area (Å²) in [5.74, 6) is -0.444. The Morgan fingerprint density at radius 1 is 1.57 bits per heavy atom. The smallest absolute Gasteiger partial charge is 0.141 e. The average Bonchev–Trinajstić information content (AvgIpc) is 2.08. The van der Waals surface area contributed by atoms with Gasteiger partial charge >= 0.3 is 0 Å². The van der Waals surface area contributed by atoms with Gasteiger partial charge in [0.15, 0.2) is 0 Å². The van der Waals surface area contributed by atoms with Gasteiger partial charge in [-0.1, -0.05) is 17.7 Å². The van der Waals surface area contributed by atoms with Crippen LogP contribution in [-0.4, -0.2) is 10.8 Å². The van der Waals surface area contributed by atoms with E-state index in [2.05, 4.69) is 4.72 Å². The first-order valence-electron chi connectivity index (χ1n) is 4.05. The monoisotopic (exact) mass is 235 g/mol. The van der Waals surface area contributed by atoms with Crippen LogP contribution in [0.3, 0.4) is 0 Å². The van der Waals surface area contributed by atoms with Gasteiger partial charge in [-0.2, -0.15) is 0 Å². The number of hydrogen-bond donors (Lipinski definition) is 1. The molecule has 5 heteroatoms. The zero-order chi connectivity index (χ0) is 10.7. The SMILES string of the molecule is C[C@H](N[S@@+](C)[O-])c1ccc(F)c(Cl)c1. The molecule has 0 spiro atoms. The Bertz CT molecular complexity index is 322. The fourth-order valence-corrected chi connectivity index (χ4v) is 1.92. The summed E-state index contributed by atoms with van der Waals surface area (Å²) in [6.45, 7) is 1.84. The molecule has 2 nitrogen and oxygen atoms in total. The molecule has 0 heterocycles. The van der Waals surface area contributed by atoms with Crippen LogP contribution in [0.15, 0.2) is 18.2 Å². The second-order valence-electron chi connectivity index (χ2n) is 2.97. The van der Waals surface area contributed by atoms with Gasteiger partial charge in [0.05, 0.1) is 11.1 Å². The molecule has 0 aliphatic heterocycles. The van der Waals surface area contributed by atoms with Crippen molar-refractivity contribution in [3.63, 3.8) is 0 Å². The van der Waals surface area contributed by atoms with Gasteiger partial charge in [-0.15, -0.1) is 4.72 Å². The zero-order valence-corrected chi connectivity index (χ0v) is 9.45. The van der Waals surface area contributed by atoms with Gasteiger partial charge < -0.3 is 4.55 Å². The molecule has 0 amide bonds. The lowest BCUT2D eigenvalue weighted by Gasteiger charge is -2.14. The highest BCUT2D eigenvalue weighted by Crippen LogP contribution is 2.20. The van der Waals surface area contributed by atoms with Crippen LogP contribution >= 0.6 is 11.6 Å². The Hall–Kier alpha value is -0.290. The highest BCUT2D eigenvalue weighted by atomic mass is 35.5. The molecule has 1 aromatic rings. The maximum Gasteiger partial charge on any atom is 0.141 e. The summed E-state index contributed by atoms with van der Waals surface area (Å²) >= 11 is 4.52. The molecule has 1 rings (SSSR count). The van der Waals surface area contributed by atoms with E-state index in [1.165, 1.54) is 12.1 Å². The zero-order valence-electron chi connectivity index (χ0n) is 7.88. The molecular formula is C9H11ClFNOS. The molecule has 0 aliphatic carbocycles. The Morgan fingerprint density at radius 3 is 2.71 bits per heavy atom. The van der Waals surface area contributed by atoms with Crippen LogP contribution < -0.4 is 4.72 Å². The van der Waals surface area contributed by atoms with E-state index in [1.807, 2.05) is 6.92 Å². The summed E-state index contributed by atoms with van der Waals surface area (Å²) < 4.78 is 26.5. The Balaban J connectivity index is 2.80. The third-order valence-corrected chi connectivity index (χ3v) is 2.76. The third-order valence-electron chi connectivity index (χ3n) is 1.79. The second-order valence-corrected chi connectivity index (χ2v) is 4.52. The molecule has 2 atom stereocenters. The molecule has 1 aromatic carbocycles. The maximum absolute atomic E-state index is 12.8. The summed E-state index contributed by atoms with van der Waals surface area (Å²) in [7, 11) is 0. The van der Waals surface area contributed by atoms with Crippen LogP contribution in [0.25, 0.3) is 0 Å². The minimum atomic E-state index is -1.09. The van der Waals surface area contributed by atoms with Crippen molar-refractivity contribution < 1.29 is 8.94 Å². The first-order chi connectivity index (χ1) is 6.50. The molecule has 78 valence electrons. The van der Waals surface area contributed by atoms with E-state index < -0.39 is 17.2 Å². The second kappa shape index (κ2) is 4.98. The molecule has 1 N–H and O–H groups in total. The highest BCUT2D eigenvalue weighted by Gasteiger charge is 2.11. The van der Waals surface area contributed by atoms with Gasteiger partial charge in [0, 0.05) is 11.4 Å². The predicted octanol–water partition coefficient (Wildman–Crippen LogP) is 2.42. The van der Waals surface area contributed by atoms with E-state index in [0.717, 1.165) is 5.56 Å². The van der Waals surface area contributed by atoms with Gasteiger partial charge in [0.25, 0.3) is 0 Å². The first kappa shape index (κ1) is 11.8. The van der Waals surface area contributed by atoms with Gasteiger partial charge in [-0.25, -0.2) is 4.39 Å². The Labute approximate surface area is 90.8 Å². The van der Waals surface area contributed by atoms with E-state index in [-0.39, 0.29) is 11.1 Å². The van der Waals surface area contributed by atoms with Crippen molar-refractivity contribution in [1.82, 2.24) is 4.72 Å². The van der Waals surface area contributed by atoms with Crippen molar-refractivity contribution >= 4 is 23.0 Å². The lowest BCUT2D eigenvalue weighted by atomic mass is 10.1. The summed E-state index contributed by atoms with van der Waals surface area (Å²) in [4.78, 5) is 0. The molecule has 0 radical (unpaired) electrons. The van der Waals surface area contributed by atoms with Gasteiger partial charge in [0.1, 0.15) is 12.1 Å². The van der Waals surface area contributed by atoms with E-state index in [1.54, 1.807) is 12.3 Å². The van der Waals surface area contributed by atoms with Crippen LogP contribution in [0.4, 0.5) is 4.39 Å². The highest BCUT2D eigenvalue weighted by molar-refractivity contribution is 7.88. The molecule has 0 bridgehead atoms. The fraction of sp³-hybridized carbons (Fsp3) is 0.333. The predicted molar refractivity (Wildman–Crippen MR) is 57.0 cm³/mol. The normalized spacial score (nSPS) is 15.2. The molecule has 0 fully saturated rings. The minimum absolute atomic E-state index is 0.0815. The lowest BCUT2D eigenvalue weighted by molar-refractivity contribution is 0.571. The minimum Gasteiger partial charge on any atom is -0.598 e. The molecular weight excluding hydrogens is 225 g/mol. The Morgan fingerprint density at radius 2 is 2.21 bits per heavy atom. The number of nitrogens with one attached hydrogen (secondary N) is 1. The van der Waals surface area contributed by atoms with E-state index >= 15 is 0 Å². The maximum atomic E-state index is 12.8. The number of rotatable bonds is 3.